The van der Waals surface area contributed by atoms with Crippen molar-refractivity contribution in [3.63, 3.8) is 0 Å². The smallest absolute Gasteiger partial charge is 0.194 e. The second-order valence-electron chi connectivity index (χ2n) is 7.81. The number of nitrogens with zero attached hydrogens (tertiary/aromatic N) is 3. The Morgan fingerprint density at radius 3 is 2.63 bits per heavy atom. The number of methoxy groups -OCH3 is 1. The minimum absolute atomic E-state index is 0.382. The van der Waals surface area contributed by atoms with Crippen LogP contribution in [0, 0.1) is 0 Å². The number of β-amino-alcohol motifs (C(OH)–C–C–N with tert-alkyl or cyclic N) is 1. The van der Waals surface area contributed by atoms with E-state index in [1.165, 1.54) is 16.7 Å². The molecule has 1 atom stereocenters. The SMILES string of the molecule is CCNC(=NCC(O)CN1CCc2ccccc2C1)N(C)Cc1ccc(OC)cc1. The minimum atomic E-state index is -0.488. The summed E-state index contributed by atoms with van der Waals surface area (Å²) in [5.41, 5.74) is 3.97. The number of aliphatic hydroxyl groups excluding tert-OH is 1. The van der Waals surface area contributed by atoms with Crippen molar-refractivity contribution in [1.29, 1.82) is 0 Å². The van der Waals surface area contributed by atoms with Gasteiger partial charge in [-0.25, -0.2) is 0 Å². The van der Waals surface area contributed by atoms with Crippen molar-refractivity contribution in [3.8, 4) is 5.75 Å². The number of hydrogen-bond donors (Lipinski definition) is 2. The van der Waals surface area contributed by atoms with Crippen LogP contribution in [0.15, 0.2) is 53.5 Å². The lowest BCUT2D eigenvalue weighted by Gasteiger charge is -2.30. The molecule has 0 aliphatic carbocycles. The molecule has 0 saturated carbocycles. The first-order valence-corrected chi connectivity index (χ1v) is 10.7. The summed E-state index contributed by atoms with van der Waals surface area (Å²) >= 11 is 0. The molecule has 2 aromatic carbocycles. The van der Waals surface area contributed by atoms with Gasteiger partial charge in [-0.3, -0.25) is 9.89 Å². The van der Waals surface area contributed by atoms with Gasteiger partial charge in [-0.05, 0) is 42.2 Å². The topological polar surface area (TPSA) is 60.3 Å². The molecular formula is C24H34N4O2. The van der Waals surface area contributed by atoms with Gasteiger partial charge in [0.2, 0.25) is 0 Å². The van der Waals surface area contributed by atoms with E-state index in [1.54, 1.807) is 7.11 Å². The van der Waals surface area contributed by atoms with Crippen LogP contribution in [0.4, 0.5) is 0 Å². The zero-order valence-electron chi connectivity index (χ0n) is 18.3. The van der Waals surface area contributed by atoms with Crippen molar-refractivity contribution in [1.82, 2.24) is 15.1 Å². The number of nitrogens with one attached hydrogen (secondary N) is 1. The molecule has 1 heterocycles. The number of aliphatic hydroxyl groups is 1. The van der Waals surface area contributed by atoms with E-state index in [9.17, 15) is 5.11 Å². The first-order valence-electron chi connectivity index (χ1n) is 10.7. The highest BCUT2D eigenvalue weighted by Crippen LogP contribution is 2.18. The Morgan fingerprint density at radius 1 is 1.20 bits per heavy atom. The van der Waals surface area contributed by atoms with Crippen LogP contribution in [0.25, 0.3) is 0 Å². The monoisotopic (exact) mass is 410 g/mol. The zero-order chi connectivity index (χ0) is 21.3. The molecule has 3 rings (SSSR count). The maximum Gasteiger partial charge on any atom is 0.194 e. The van der Waals surface area contributed by atoms with Crippen LogP contribution >= 0.6 is 0 Å². The number of guanidine groups is 1. The molecule has 2 N–H and O–H groups in total. The van der Waals surface area contributed by atoms with Gasteiger partial charge in [0.1, 0.15) is 5.75 Å². The van der Waals surface area contributed by atoms with Crippen LogP contribution < -0.4 is 10.1 Å². The quantitative estimate of drug-likeness (QED) is 0.517. The fourth-order valence-corrected chi connectivity index (χ4v) is 3.81. The molecule has 6 heteroatoms. The molecule has 0 radical (unpaired) electrons. The Morgan fingerprint density at radius 2 is 1.93 bits per heavy atom. The summed E-state index contributed by atoms with van der Waals surface area (Å²) in [6.07, 6.45) is 0.553. The van der Waals surface area contributed by atoms with Crippen LogP contribution in [0.2, 0.25) is 0 Å². The molecule has 1 unspecified atom stereocenters. The van der Waals surface area contributed by atoms with Gasteiger partial charge < -0.3 is 20.1 Å². The molecule has 6 nitrogen and oxygen atoms in total. The predicted molar refractivity (Wildman–Crippen MR) is 122 cm³/mol. The predicted octanol–water partition coefficient (Wildman–Crippen LogP) is 2.51. The Balaban J connectivity index is 1.54. The van der Waals surface area contributed by atoms with Crippen LogP contribution in [0.1, 0.15) is 23.6 Å². The number of ether oxygens (including phenoxy) is 1. The maximum atomic E-state index is 10.6. The fourth-order valence-electron chi connectivity index (χ4n) is 3.81. The lowest BCUT2D eigenvalue weighted by Crippen LogP contribution is -2.40. The van der Waals surface area contributed by atoms with E-state index < -0.39 is 6.10 Å². The first kappa shape index (κ1) is 22.1. The van der Waals surface area contributed by atoms with Gasteiger partial charge >= 0.3 is 0 Å². The van der Waals surface area contributed by atoms with Crippen molar-refractivity contribution in [2.24, 2.45) is 4.99 Å². The summed E-state index contributed by atoms with van der Waals surface area (Å²) in [6.45, 7) is 6.47. The van der Waals surface area contributed by atoms with E-state index in [2.05, 4.69) is 63.4 Å². The number of benzene rings is 2. The molecule has 0 saturated heterocycles. The highest BCUT2D eigenvalue weighted by Gasteiger charge is 2.18. The normalized spacial score (nSPS) is 15.4. The highest BCUT2D eigenvalue weighted by atomic mass is 16.5. The average Bonchev–Trinajstić information content (AvgIpc) is 2.77. The summed E-state index contributed by atoms with van der Waals surface area (Å²) in [5, 5.41) is 13.9. The van der Waals surface area contributed by atoms with Crippen LogP contribution in [-0.4, -0.2) is 67.3 Å². The fraction of sp³-hybridized carbons (Fsp3) is 0.458. The molecule has 0 aromatic heterocycles. The van der Waals surface area contributed by atoms with E-state index >= 15 is 0 Å². The third-order valence-corrected chi connectivity index (χ3v) is 5.41. The second kappa shape index (κ2) is 11.0. The van der Waals surface area contributed by atoms with Crippen LogP contribution in [-0.2, 0) is 19.5 Å². The van der Waals surface area contributed by atoms with Crippen molar-refractivity contribution >= 4 is 5.96 Å². The number of hydrogen-bond acceptors (Lipinski definition) is 4. The van der Waals surface area contributed by atoms with Gasteiger partial charge in [-0.15, -0.1) is 0 Å². The number of aliphatic imine (C=N–C) groups is 1. The molecule has 1 aliphatic rings. The van der Waals surface area contributed by atoms with E-state index in [1.807, 2.05) is 19.2 Å². The Bertz CT molecular complexity index is 822. The summed E-state index contributed by atoms with van der Waals surface area (Å²) in [4.78, 5) is 9.08. The molecule has 0 bridgehead atoms. The zero-order valence-corrected chi connectivity index (χ0v) is 18.3. The molecule has 30 heavy (non-hydrogen) atoms. The number of fused-ring (bicyclic) bond motifs is 1. The minimum Gasteiger partial charge on any atom is -0.497 e. The van der Waals surface area contributed by atoms with Gasteiger partial charge in [-0.1, -0.05) is 36.4 Å². The van der Waals surface area contributed by atoms with E-state index in [4.69, 9.17) is 4.74 Å². The lowest BCUT2D eigenvalue weighted by molar-refractivity contribution is 0.111. The average molecular weight is 411 g/mol. The molecular weight excluding hydrogens is 376 g/mol. The lowest BCUT2D eigenvalue weighted by atomic mass is 10.00. The standard InChI is InChI=1S/C24H34N4O2/c1-4-25-24(27(2)16-19-9-11-23(30-3)12-10-19)26-15-22(29)18-28-14-13-20-7-5-6-8-21(20)17-28/h5-12,22,29H,4,13-18H2,1-3H3,(H,25,26). The van der Waals surface area contributed by atoms with Crippen molar-refractivity contribution in [2.75, 3.05) is 40.3 Å². The van der Waals surface area contributed by atoms with E-state index in [0.717, 1.165) is 44.3 Å². The second-order valence-corrected chi connectivity index (χ2v) is 7.81. The molecule has 0 amide bonds. The van der Waals surface area contributed by atoms with Crippen molar-refractivity contribution in [2.45, 2.75) is 32.5 Å². The summed E-state index contributed by atoms with van der Waals surface area (Å²) in [5.74, 6) is 1.65. The maximum absolute atomic E-state index is 10.6. The Labute approximate surface area is 180 Å². The van der Waals surface area contributed by atoms with Gasteiger partial charge in [0.15, 0.2) is 5.96 Å². The molecule has 1 aliphatic heterocycles. The summed E-state index contributed by atoms with van der Waals surface area (Å²) < 4.78 is 5.23. The van der Waals surface area contributed by atoms with Gasteiger partial charge in [0.25, 0.3) is 0 Å². The summed E-state index contributed by atoms with van der Waals surface area (Å²) in [7, 11) is 3.69. The largest absolute Gasteiger partial charge is 0.497 e. The molecule has 0 spiro atoms. The highest BCUT2D eigenvalue weighted by molar-refractivity contribution is 5.79. The molecule has 0 fully saturated rings. The first-order chi connectivity index (χ1) is 14.6. The van der Waals surface area contributed by atoms with E-state index in [-0.39, 0.29) is 0 Å². The van der Waals surface area contributed by atoms with Crippen LogP contribution in [0.3, 0.4) is 0 Å². The van der Waals surface area contributed by atoms with Crippen molar-refractivity contribution < 1.29 is 9.84 Å². The summed E-state index contributed by atoms with van der Waals surface area (Å²) in [6, 6.07) is 16.6. The van der Waals surface area contributed by atoms with Crippen LogP contribution in [0.5, 0.6) is 5.75 Å². The third kappa shape index (κ3) is 6.21. The third-order valence-electron chi connectivity index (χ3n) is 5.41. The molecule has 2 aromatic rings. The van der Waals surface area contributed by atoms with E-state index in [0.29, 0.717) is 13.1 Å². The molecule has 162 valence electrons. The van der Waals surface area contributed by atoms with Gasteiger partial charge in [-0.2, -0.15) is 0 Å². The Kier molecular flexibility index (Phi) is 8.11. The van der Waals surface area contributed by atoms with Gasteiger partial charge in [0, 0.05) is 39.8 Å². The Hall–Kier alpha value is -2.57. The number of rotatable bonds is 8. The van der Waals surface area contributed by atoms with Crippen molar-refractivity contribution in [3.05, 3.63) is 65.2 Å². The van der Waals surface area contributed by atoms with Gasteiger partial charge in [0.05, 0.1) is 19.8 Å².